The van der Waals surface area contributed by atoms with Crippen LogP contribution in [0.2, 0.25) is 0 Å². The molecule has 3 rings (SSSR count). The third-order valence-corrected chi connectivity index (χ3v) is 3.44. The summed E-state index contributed by atoms with van der Waals surface area (Å²) in [6, 6.07) is 23.7. The molecule has 0 N–H and O–H groups in total. The van der Waals surface area contributed by atoms with E-state index in [1.807, 2.05) is 0 Å². The molecule has 0 fully saturated rings. The quantitative estimate of drug-likeness (QED) is 0.615. The average Bonchev–Trinajstić information content (AvgIpc) is 2.47. The summed E-state index contributed by atoms with van der Waals surface area (Å²) in [6.45, 7) is 2.24. The van der Waals surface area contributed by atoms with E-state index in [4.69, 9.17) is 0 Å². The first-order valence-corrected chi connectivity index (χ1v) is 6.30. The zero-order valence-electron chi connectivity index (χ0n) is 10.8. The van der Waals surface area contributed by atoms with Crippen LogP contribution in [-0.2, 0) is 0 Å². The van der Waals surface area contributed by atoms with Gasteiger partial charge < -0.3 is 17.0 Å². The minimum Gasteiger partial charge on any atom is -1.00 e. The molecule has 1 unspecified atom stereocenters. The molecule has 2 aromatic carbocycles. The van der Waals surface area contributed by atoms with Crippen LogP contribution in [0.1, 0.15) is 18.5 Å². The molecule has 0 spiro atoms. The molecular formula is C17H16BrN. The van der Waals surface area contributed by atoms with Crippen molar-refractivity contribution in [3.05, 3.63) is 78.5 Å². The van der Waals surface area contributed by atoms with Crippen molar-refractivity contribution >= 4 is 10.9 Å². The van der Waals surface area contributed by atoms with Gasteiger partial charge in [0.1, 0.15) is 0 Å². The summed E-state index contributed by atoms with van der Waals surface area (Å²) in [4.78, 5) is 0. The number of pyridine rings is 1. The lowest BCUT2D eigenvalue weighted by Gasteiger charge is -2.09. The molecule has 0 bridgehead atoms. The van der Waals surface area contributed by atoms with Crippen LogP contribution in [0, 0.1) is 0 Å². The summed E-state index contributed by atoms with van der Waals surface area (Å²) in [5.41, 5.74) is 2.61. The van der Waals surface area contributed by atoms with Crippen LogP contribution >= 0.6 is 0 Å². The van der Waals surface area contributed by atoms with Gasteiger partial charge in [-0.2, -0.15) is 4.57 Å². The molecule has 3 aromatic rings. The first kappa shape index (κ1) is 13.8. The second-order valence-corrected chi connectivity index (χ2v) is 4.56. The number of nitrogens with zero attached hydrogens (tertiary/aromatic N) is 1. The minimum atomic E-state index is 0. The van der Waals surface area contributed by atoms with E-state index in [2.05, 4.69) is 84.4 Å². The summed E-state index contributed by atoms with van der Waals surface area (Å²) in [6.07, 6.45) is 2.15. The third-order valence-electron chi connectivity index (χ3n) is 3.44. The number of rotatable bonds is 2. The topological polar surface area (TPSA) is 3.88 Å². The van der Waals surface area contributed by atoms with E-state index in [0.29, 0.717) is 6.04 Å². The molecule has 2 heteroatoms. The normalized spacial score (nSPS) is 11.8. The van der Waals surface area contributed by atoms with Gasteiger partial charge in [-0.05, 0) is 12.1 Å². The van der Waals surface area contributed by atoms with E-state index in [0.717, 1.165) is 0 Å². The summed E-state index contributed by atoms with van der Waals surface area (Å²) >= 11 is 0. The number of para-hydroxylation sites is 1. The van der Waals surface area contributed by atoms with Crippen LogP contribution in [-0.4, -0.2) is 0 Å². The van der Waals surface area contributed by atoms with E-state index < -0.39 is 0 Å². The zero-order chi connectivity index (χ0) is 12.4. The molecule has 0 saturated heterocycles. The van der Waals surface area contributed by atoms with Crippen LogP contribution in [0.15, 0.2) is 72.9 Å². The fourth-order valence-corrected chi connectivity index (χ4v) is 2.41. The Hall–Kier alpha value is -1.67. The van der Waals surface area contributed by atoms with Crippen LogP contribution in [0.4, 0.5) is 0 Å². The van der Waals surface area contributed by atoms with Gasteiger partial charge in [0.05, 0.1) is 0 Å². The van der Waals surface area contributed by atoms with Crippen LogP contribution in [0.25, 0.3) is 10.9 Å². The molecular weight excluding hydrogens is 298 g/mol. The lowest BCUT2D eigenvalue weighted by atomic mass is 10.1. The second kappa shape index (κ2) is 5.98. The van der Waals surface area contributed by atoms with Gasteiger partial charge in [0, 0.05) is 30.0 Å². The van der Waals surface area contributed by atoms with E-state index in [1.54, 1.807) is 0 Å². The summed E-state index contributed by atoms with van der Waals surface area (Å²) < 4.78 is 2.32. The summed E-state index contributed by atoms with van der Waals surface area (Å²) in [7, 11) is 0. The number of hydrogen-bond donors (Lipinski definition) is 0. The van der Waals surface area contributed by atoms with Crippen molar-refractivity contribution < 1.29 is 21.5 Å². The van der Waals surface area contributed by atoms with Crippen molar-refractivity contribution in [1.29, 1.82) is 0 Å². The molecule has 0 aliphatic rings. The molecule has 1 heterocycles. The highest BCUT2D eigenvalue weighted by molar-refractivity contribution is 5.75. The molecule has 1 aromatic heterocycles. The third kappa shape index (κ3) is 2.69. The van der Waals surface area contributed by atoms with Gasteiger partial charge >= 0.3 is 0 Å². The molecule has 19 heavy (non-hydrogen) atoms. The van der Waals surface area contributed by atoms with Crippen molar-refractivity contribution in [2.24, 2.45) is 0 Å². The SMILES string of the molecule is CC(c1ccccc1)[n+]1cccc2ccccc21.[Br-]. The maximum Gasteiger partial charge on any atom is 0.212 e. The first-order chi connectivity index (χ1) is 8.86. The van der Waals surface area contributed by atoms with Crippen LogP contribution in [0.3, 0.4) is 0 Å². The Bertz CT molecular complexity index is 659. The lowest BCUT2D eigenvalue weighted by molar-refractivity contribution is -0.685. The highest BCUT2D eigenvalue weighted by Gasteiger charge is 2.17. The van der Waals surface area contributed by atoms with Gasteiger partial charge in [-0.15, -0.1) is 0 Å². The Balaban J connectivity index is 0.00000133. The molecule has 0 amide bonds. The smallest absolute Gasteiger partial charge is 0.212 e. The van der Waals surface area contributed by atoms with Gasteiger partial charge in [-0.25, -0.2) is 0 Å². The number of fused-ring (bicyclic) bond motifs is 1. The fraction of sp³-hybridized carbons (Fsp3) is 0.118. The first-order valence-electron chi connectivity index (χ1n) is 6.30. The number of hydrogen-bond acceptors (Lipinski definition) is 0. The van der Waals surface area contributed by atoms with E-state index in [-0.39, 0.29) is 17.0 Å². The van der Waals surface area contributed by atoms with Gasteiger partial charge in [0.15, 0.2) is 12.2 Å². The summed E-state index contributed by atoms with van der Waals surface area (Å²) in [5, 5.41) is 1.28. The molecule has 96 valence electrons. The number of benzene rings is 2. The molecule has 0 aliphatic heterocycles. The Kier molecular flexibility index (Phi) is 4.33. The minimum absolute atomic E-state index is 0. The maximum absolute atomic E-state index is 2.32. The predicted molar refractivity (Wildman–Crippen MR) is 74.4 cm³/mol. The van der Waals surface area contributed by atoms with E-state index >= 15 is 0 Å². The Labute approximate surface area is 124 Å². The van der Waals surface area contributed by atoms with E-state index in [9.17, 15) is 0 Å². The van der Waals surface area contributed by atoms with Crippen molar-refractivity contribution in [1.82, 2.24) is 0 Å². The molecule has 0 radical (unpaired) electrons. The lowest BCUT2D eigenvalue weighted by Crippen LogP contribution is -3.00. The van der Waals surface area contributed by atoms with Gasteiger partial charge in [-0.3, -0.25) is 0 Å². The number of halogens is 1. The highest BCUT2D eigenvalue weighted by atomic mass is 79.9. The number of aromatic nitrogens is 1. The van der Waals surface area contributed by atoms with Crippen LogP contribution in [0.5, 0.6) is 0 Å². The maximum atomic E-state index is 2.32. The largest absolute Gasteiger partial charge is 1.00 e. The molecule has 1 atom stereocenters. The van der Waals surface area contributed by atoms with Crippen molar-refractivity contribution in [2.45, 2.75) is 13.0 Å². The molecule has 1 nitrogen and oxygen atoms in total. The highest BCUT2D eigenvalue weighted by Crippen LogP contribution is 2.15. The monoisotopic (exact) mass is 313 g/mol. The van der Waals surface area contributed by atoms with E-state index in [1.165, 1.54) is 16.5 Å². The van der Waals surface area contributed by atoms with Gasteiger partial charge in [0.2, 0.25) is 5.52 Å². The molecule has 0 aliphatic carbocycles. The standard InChI is InChI=1S/C17H16N.BrH/c1-14(15-8-3-2-4-9-15)18-13-7-11-16-10-5-6-12-17(16)18;/h2-14H,1H3;1H/q+1;/p-1. The summed E-state index contributed by atoms with van der Waals surface area (Å²) in [5.74, 6) is 0. The second-order valence-electron chi connectivity index (χ2n) is 4.56. The van der Waals surface area contributed by atoms with Crippen molar-refractivity contribution in [3.63, 3.8) is 0 Å². The molecule has 0 saturated carbocycles. The Morgan fingerprint density at radius 3 is 2.21 bits per heavy atom. The average molecular weight is 314 g/mol. The Morgan fingerprint density at radius 1 is 0.789 bits per heavy atom. The van der Waals surface area contributed by atoms with Crippen molar-refractivity contribution in [2.75, 3.05) is 0 Å². The van der Waals surface area contributed by atoms with Crippen molar-refractivity contribution in [3.8, 4) is 0 Å². The van der Waals surface area contributed by atoms with Gasteiger partial charge in [-0.1, -0.05) is 42.5 Å². The van der Waals surface area contributed by atoms with Crippen LogP contribution < -0.4 is 21.5 Å². The zero-order valence-corrected chi connectivity index (χ0v) is 12.4. The fourth-order valence-electron chi connectivity index (χ4n) is 2.41. The Morgan fingerprint density at radius 2 is 1.42 bits per heavy atom. The predicted octanol–water partition coefficient (Wildman–Crippen LogP) is 0.741. The van der Waals surface area contributed by atoms with Gasteiger partial charge in [0.25, 0.3) is 0 Å².